The van der Waals surface area contributed by atoms with Crippen LogP contribution >= 0.6 is 0 Å². The van der Waals surface area contributed by atoms with Crippen LogP contribution in [0.3, 0.4) is 0 Å². The van der Waals surface area contributed by atoms with Crippen LogP contribution in [0.25, 0.3) is 22.3 Å². The molecule has 0 saturated carbocycles. The second kappa shape index (κ2) is 23.4. The number of aromatic nitrogens is 3. The fourth-order valence-corrected chi connectivity index (χ4v) is 16.9. The number of nitrogens with one attached hydrogen (secondary N) is 1. The van der Waals surface area contributed by atoms with Crippen LogP contribution in [-0.4, -0.2) is 54.7 Å². The van der Waals surface area contributed by atoms with Crippen molar-refractivity contribution >= 4 is 61.2 Å². The van der Waals surface area contributed by atoms with Crippen molar-refractivity contribution in [2.45, 2.75) is 209 Å². The van der Waals surface area contributed by atoms with Crippen LogP contribution in [-0.2, 0) is 43.3 Å². The number of amidine groups is 1. The number of fused-ring (bicyclic) bond motifs is 6. The van der Waals surface area contributed by atoms with E-state index in [2.05, 4.69) is 304 Å². The molecule has 0 saturated heterocycles. The third kappa shape index (κ3) is 12.7. The Morgan fingerprint density at radius 1 is 0.372 bits per heavy atom. The molecule has 8 nitrogen and oxygen atoms in total. The molecule has 0 aliphatic carbocycles. The van der Waals surface area contributed by atoms with Crippen molar-refractivity contribution in [3.05, 3.63) is 256 Å². The molecule has 5 aromatic carbocycles. The summed E-state index contributed by atoms with van der Waals surface area (Å²) >= 11 is -2.21. The Morgan fingerprint density at radius 3 is 1.13 bits per heavy atom. The first kappa shape index (κ1) is 69.3. The smallest absolute Gasteiger partial charge is 0.412 e. The number of benzene rings is 5. The van der Waals surface area contributed by atoms with Crippen LogP contribution in [0.2, 0.25) is 0 Å². The number of hydrogen-bond donors (Lipinski definition) is 1. The molecule has 12 rings (SSSR count). The number of H-pyrrole nitrogens is 1. The van der Waals surface area contributed by atoms with Crippen LogP contribution in [0.4, 0.5) is 5.69 Å². The van der Waals surface area contributed by atoms with Crippen molar-refractivity contribution in [3.63, 3.8) is 0 Å². The number of hydrogen-bond acceptors (Lipinski definition) is 3. The molecular formula is C85H100N6O2Sn. The molecule has 0 fully saturated rings. The van der Waals surface area contributed by atoms with Gasteiger partial charge in [-0.25, -0.2) is 0 Å². The van der Waals surface area contributed by atoms with Crippen molar-refractivity contribution in [3.8, 4) is 12.3 Å². The standard InChI is InChI=1S/C85H96N6.2H2O.Sn/c1-26-49-27-29-50(30-28-49)77-90-75-73-71(53-41-59(82(14,15)16)47-60(42-53)83(17,18)19)67-35-33-65(87-67)69(51-37-55(78(2,3)4)45-56(38-51)79(5,6)7)63-31-32-64(86-63)70(52-39-57(80(8,9)10)46-58(40-52)81(11,12)13)66-34-36-68(88-66)72(74(89-73)76(75)91-77)54-43-61(84(20,21)22)48-62(44-54)85(23,24)25;;;/h1,27-48,89H,2-25H3;2*1H2;/q-2;;;+2. The summed E-state index contributed by atoms with van der Waals surface area (Å²) < 4.78 is 5.59. The zero-order valence-electron chi connectivity index (χ0n) is 60.5. The fourth-order valence-electron chi connectivity index (χ4n) is 13.0. The summed E-state index contributed by atoms with van der Waals surface area (Å²) in [5.74, 6) is 3.50. The van der Waals surface area contributed by atoms with Crippen LogP contribution in [0.15, 0.2) is 154 Å². The molecule has 0 unspecified atom stereocenters. The first-order valence-corrected chi connectivity index (χ1v) is 35.8. The van der Waals surface area contributed by atoms with Gasteiger partial charge in [-0.15, -0.1) is 6.42 Å². The average molecular weight is 1360 g/mol. The molecule has 9 heteroatoms. The minimum absolute atomic E-state index is 0. The zero-order valence-corrected chi connectivity index (χ0v) is 63.4. The Kier molecular flexibility index (Phi) is 17.2. The van der Waals surface area contributed by atoms with E-state index in [-0.39, 0.29) is 54.3 Å². The Labute approximate surface area is 571 Å². The largest absolute Gasteiger partial charge is 0.412 e. The summed E-state index contributed by atoms with van der Waals surface area (Å²) in [6.07, 6.45) is 10.6. The molecule has 0 amide bonds. The average Bonchev–Trinajstić information content (AvgIpc) is 1.54. The number of aliphatic imine (C=N–C) groups is 2. The molecule has 8 aromatic rings. The van der Waals surface area contributed by atoms with E-state index in [9.17, 15) is 0 Å². The quantitative estimate of drug-likeness (QED) is 0.130. The van der Waals surface area contributed by atoms with E-state index < -0.39 is 21.7 Å². The first-order valence-electron chi connectivity index (χ1n) is 33.2. The van der Waals surface area contributed by atoms with Crippen LogP contribution in [0, 0.1) is 12.3 Å². The molecule has 3 aromatic heterocycles. The molecule has 0 spiro atoms. The predicted octanol–water partition coefficient (Wildman–Crippen LogP) is 15.8. The van der Waals surface area contributed by atoms with Crippen molar-refractivity contribution in [2.75, 3.05) is 0 Å². The summed E-state index contributed by atoms with van der Waals surface area (Å²) in [4.78, 5) is 21.9. The Bertz CT molecular complexity index is 4750. The number of allylic oxidation sites excluding steroid dienone is 2. The maximum absolute atomic E-state index is 6.03. The van der Waals surface area contributed by atoms with Gasteiger partial charge in [-0.3, -0.25) is 0 Å². The van der Waals surface area contributed by atoms with Crippen LogP contribution in [0.1, 0.15) is 261 Å². The zero-order chi connectivity index (χ0) is 66.7. The third-order valence-corrected chi connectivity index (χ3v) is 23.0. The van der Waals surface area contributed by atoms with E-state index in [1.54, 1.807) is 0 Å². The van der Waals surface area contributed by atoms with Gasteiger partial charge in [0.05, 0.1) is 0 Å². The van der Waals surface area contributed by atoms with Crippen LogP contribution < -0.4 is 21.4 Å². The molecule has 486 valence electrons. The topological polar surface area (TPSA) is 126 Å². The minimum Gasteiger partial charge on any atom is -0.412 e. The molecule has 0 atom stereocenters. The van der Waals surface area contributed by atoms with Crippen molar-refractivity contribution < 1.29 is 11.0 Å². The number of rotatable bonds is 5. The normalized spacial score (nSPS) is 15.1. The molecule has 5 N–H and O–H groups in total. The van der Waals surface area contributed by atoms with E-state index in [0.29, 0.717) is 5.84 Å². The van der Waals surface area contributed by atoms with Crippen molar-refractivity contribution in [2.24, 2.45) is 15.0 Å². The summed E-state index contributed by atoms with van der Waals surface area (Å²) in [6.45, 7) is 56.3. The van der Waals surface area contributed by atoms with Gasteiger partial charge in [-0.1, -0.05) is 0 Å². The van der Waals surface area contributed by atoms with Gasteiger partial charge in [0.1, 0.15) is 0 Å². The van der Waals surface area contributed by atoms with Crippen molar-refractivity contribution in [1.29, 1.82) is 0 Å². The van der Waals surface area contributed by atoms with E-state index in [0.717, 1.165) is 100 Å². The molecule has 4 aliphatic rings. The van der Waals surface area contributed by atoms with Gasteiger partial charge < -0.3 is 11.0 Å². The SMILES string of the molecule is C#Cc1ccc(C2=Nc3c4[nH]c(c3=N2)=C(c2cc(C(C)(C)C)cc(C(C)(C)C)c2)c2ccc3[n]2[Sn][n]2c(ccc2=C4c2cc(C(C)(C)C)cc(C(C)(C)C)c2)=C(c2cc(C(C)(C)C)cc(C(C)(C)C)c2)C2=NC(=C3c3cc(C(C)(C)C)cc(C(C)(C)C)c3)C=C2)cc1.O.O. The summed E-state index contributed by atoms with van der Waals surface area (Å²) in [5, 5.41) is 4.06. The maximum Gasteiger partial charge on any atom is -0.412 e. The number of terminal acetylenes is 1. The summed E-state index contributed by atoms with van der Waals surface area (Å²) in [6, 6.07) is 47.5. The maximum atomic E-state index is 6.03. The molecule has 6 bridgehead atoms. The Hall–Kier alpha value is -7.55. The van der Waals surface area contributed by atoms with E-state index >= 15 is 0 Å². The first-order chi connectivity index (χ1) is 42.6. The van der Waals surface area contributed by atoms with Crippen LogP contribution in [0.5, 0.6) is 0 Å². The molecule has 7 heterocycles. The van der Waals surface area contributed by atoms with E-state index in [1.165, 1.54) is 55.6 Å². The molecule has 4 aliphatic heterocycles. The van der Waals surface area contributed by atoms with E-state index in [1.807, 2.05) is 12.1 Å². The van der Waals surface area contributed by atoms with Gasteiger partial charge in [0.15, 0.2) is 0 Å². The minimum atomic E-state index is -2.21. The Morgan fingerprint density at radius 2 is 0.734 bits per heavy atom. The number of aromatic amines is 1. The molecule has 2 radical (unpaired) electrons. The predicted molar refractivity (Wildman–Crippen MR) is 398 cm³/mol. The summed E-state index contributed by atoms with van der Waals surface area (Å²) in [5.41, 5.74) is 25.8. The second-order valence-electron chi connectivity index (χ2n) is 34.7. The monoisotopic (exact) mass is 1360 g/mol. The van der Waals surface area contributed by atoms with Gasteiger partial charge in [0.25, 0.3) is 0 Å². The van der Waals surface area contributed by atoms with Gasteiger partial charge >= 0.3 is 558 Å². The van der Waals surface area contributed by atoms with E-state index in [4.69, 9.17) is 21.4 Å². The van der Waals surface area contributed by atoms with Crippen molar-refractivity contribution in [1.82, 2.24) is 10.6 Å². The van der Waals surface area contributed by atoms with Gasteiger partial charge in [0, 0.05) is 0 Å². The third-order valence-electron chi connectivity index (χ3n) is 19.1. The molecular weight excluding hydrogens is 1260 g/mol. The second-order valence-corrected chi connectivity index (χ2v) is 37.9. The Balaban J connectivity index is 0.00000482. The molecule has 94 heavy (non-hydrogen) atoms. The number of nitrogens with zero attached hydrogens (tertiary/aromatic N) is 5. The van der Waals surface area contributed by atoms with Gasteiger partial charge in [-0.05, 0) is 0 Å². The fraction of sp³-hybridized carbons (Fsp3) is 0.376. The summed E-state index contributed by atoms with van der Waals surface area (Å²) in [7, 11) is 0. The van der Waals surface area contributed by atoms with Gasteiger partial charge in [-0.2, -0.15) is 0 Å². The van der Waals surface area contributed by atoms with Gasteiger partial charge in [0.2, 0.25) is 0 Å².